The molecule has 0 aliphatic rings. The maximum atomic E-state index is 5.70. The minimum Gasteiger partial charge on any atom is -0.491 e. The minimum atomic E-state index is 0.160. The van der Waals surface area contributed by atoms with Crippen molar-refractivity contribution in [1.82, 2.24) is 9.97 Å². The molecular weight excluding hydrogens is 348 g/mol. The number of benzene rings is 2. The highest BCUT2D eigenvalue weighted by Crippen LogP contribution is 2.26. The van der Waals surface area contributed by atoms with Gasteiger partial charge < -0.3 is 15.0 Å². The van der Waals surface area contributed by atoms with Crippen LogP contribution < -0.4 is 15.0 Å². The standard InChI is InChI=1S/C23H28N4O/c1-6-27(20-9-7-8-17(4)14-20)23-24-18(5)15-22(26-23)25-19-10-12-21(13-11-19)28-16(2)3/h7-16H,6H2,1-5H3,(H,24,25,26). The molecule has 0 saturated carbocycles. The monoisotopic (exact) mass is 376 g/mol. The van der Waals surface area contributed by atoms with Gasteiger partial charge in [0, 0.05) is 29.7 Å². The molecule has 0 spiro atoms. The van der Waals surface area contributed by atoms with E-state index in [1.807, 2.05) is 51.1 Å². The van der Waals surface area contributed by atoms with E-state index in [9.17, 15) is 0 Å². The fraction of sp³-hybridized carbons (Fsp3) is 0.304. The number of hydrogen-bond acceptors (Lipinski definition) is 5. The Balaban J connectivity index is 1.84. The predicted octanol–water partition coefficient (Wildman–Crippen LogP) is 5.78. The Kier molecular flexibility index (Phi) is 6.14. The molecule has 0 bridgehead atoms. The second-order valence-corrected chi connectivity index (χ2v) is 7.09. The van der Waals surface area contributed by atoms with Crippen molar-refractivity contribution in [2.75, 3.05) is 16.8 Å². The number of hydrogen-bond donors (Lipinski definition) is 1. The van der Waals surface area contributed by atoms with Crippen molar-refractivity contribution in [2.45, 2.75) is 40.7 Å². The molecular formula is C23H28N4O. The fourth-order valence-corrected chi connectivity index (χ4v) is 3.01. The number of nitrogens with zero attached hydrogens (tertiary/aromatic N) is 3. The lowest BCUT2D eigenvalue weighted by Gasteiger charge is -2.22. The Bertz CT molecular complexity index is 922. The third kappa shape index (κ3) is 5.00. The normalized spacial score (nSPS) is 10.8. The van der Waals surface area contributed by atoms with Gasteiger partial charge in [0.15, 0.2) is 0 Å². The topological polar surface area (TPSA) is 50.3 Å². The molecule has 2 aromatic carbocycles. The van der Waals surface area contributed by atoms with Crippen molar-refractivity contribution < 1.29 is 4.74 Å². The van der Waals surface area contributed by atoms with Crippen LogP contribution in [0.2, 0.25) is 0 Å². The van der Waals surface area contributed by atoms with Crippen LogP contribution in [-0.4, -0.2) is 22.6 Å². The molecule has 0 saturated heterocycles. The van der Waals surface area contributed by atoms with Crippen LogP contribution in [0.5, 0.6) is 5.75 Å². The Morgan fingerprint density at radius 1 is 1.00 bits per heavy atom. The van der Waals surface area contributed by atoms with Gasteiger partial charge in [-0.2, -0.15) is 4.98 Å². The molecule has 28 heavy (non-hydrogen) atoms. The van der Waals surface area contributed by atoms with Gasteiger partial charge in [-0.3, -0.25) is 0 Å². The molecule has 3 aromatic rings. The summed E-state index contributed by atoms with van der Waals surface area (Å²) in [6, 6.07) is 18.2. The molecule has 1 aromatic heterocycles. The summed E-state index contributed by atoms with van der Waals surface area (Å²) in [4.78, 5) is 11.5. The van der Waals surface area contributed by atoms with Crippen molar-refractivity contribution in [1.29, 1.82) is 0 Å². The molecule has 0 radical (unpaired) electrons. The third-order valence-electron chi connectivity index (χ3n) is 4.21. The molecule has 0 atom stereocenters. The van der Waals surface area contributed by atoms with Gasteiger partial charge in [-0.25, -0.2) is 4.98 Å². The second-order valence-electron chi connectivity index (χ2n) is 7.09. The van der Waals surface area contributed by atoms with Gasteiger partial charge in [-0.15, -0.1) is 0 Å². The van der Waals surface area contributed by atoms with E-state index in [1.54, 1.807) is 0 Å². The highest BCUT2D eigenvalue weighted by molar-refractivity contribution is 5.62. The SMILES string of the molecule is CCN(c1cccc(C)c1)c1nc(C)cc(Nc2ccc(OC(C)C)cc2)n1. The first-order chi connectivity index (χ1) is 13.4. The number of rotatable bonds is 7. The van der Waals surface area contributed by atoms with E-state index in [1.165, 1.54) is 5.56 Å². The summed E-state index contributed by atoms with van der Waals surface area (Å²) in [6.45, 7) is 11.0. The minimum absolute atomic E-state index is 0.160. The van der Waals surface area contributed by atoms with Crippen LogP contribution >= 0.6 is 0 Å². The highest BCUT2D eigenvalue weighted by atomic mass is 16.5. The molecule has 5 nitrogen and oxygen atoms in total. The van der Waals surface area contributed by atoms with Gasteiger partial charge in [0.05, 0.1) is 6.10 Å². The Hall–Kier alpha value is -3.08. The van der Waals surface area contributed by atoms with E-state index in [0.717, 1.165) is 35.2 Å². The number of aromatic nitrogens is 2. The number of anilines is 4. The lowest BCUT2D eigenvalue weighted by molar-refractivity contribution is 0.242. The van der Waals surface area contributed by atoms with Crippen molar-refractivity contribution in [3.05, 3.63) is 65.9 Å². The van der Waals surface area contributed by atoms with Gasteiger partial charge in [-0.05, 0) is 76.6 Å². The lowest BCUT2D eigenvalue weighted by atomic mass is 10.2. The molecule has 0 amide bonds. The van der Waals surface area contributed by atoms with Gasteiger partial charge in [0.25, 0.3) is 0 Å². The summed E-state index contributed by atoms with van der Waals surface area (Å²) in [6.07, 6.45) is 0.160. The van der Waals surface area contributed by atoms with Crippen LogP contribution in [0.1, 0.15) is 32.0 Å². The van der Waals surface area contributed by atoms with Crippen molar-refractivity contribution in [2.24, 2.45) is 0 Å². The molecule has 3 rings (SSSR count). The number of aryl methyl sites for hydroxylation is 2. The first kappa shape index (κ1) is 19.7. The number of nitrogens with one attached hydrogen (secondary N) is 1. The second kappa shape index (κ2) is 8.74. The summed E-state index contributed by atoms with van der Waals surface area (Å²) in [5.41, 5.74) is 4.18. The summed E-state index contributed by atoms with van der Waals surface area (Å²) in [5.74, 6) is 2.32. The van der Waals surface area contributed by atoms with Crippen molar-refractivity contribution in [3.8, 4) is 5.75 Å². The van der Waals surface area contributed by atoms with E-state index in [0.29, 0.717) is 5.95 Å². The van der Waals surface area contributed by atoms with Crippen LogP contribution in [0.15, 0.2) is 54.6 Å². The van der Waals surface area contributed by atoms with Crippen LogP contribution in [0.4, 0.5) is 23.1 Å². The van der Waals surface area contributed by atoms with Crippen LogP contribution in [0.3, 0.4) is 0 Å². The fourth-order valence-electron chi connectivity index (χ4n) is 3.01. The zero-order chi connectivity index (χ0) is 20.1. The number of ether oxygens (including phenoxy) is 1. The first-order valence-electron chi connectivity index (χ1n) is 9.68. The Morgan fingerprint density at radius 2 is 1.75 bits per heavy atom. The Labute approximate surface area is 167 Å². The molecule has 1 N–H and O–H groups in total. The smallest absolute Gasteiger partial charge is 0.232 e. The van der Waals surface area contributed by atoms with Crippen LogP contribution in [0, 0.1) is 13.8 Å². The van der Waals surface area contributed by atoms with E-state index in [4.69, 9.17) is 9.72 Å². The molecule has 1 heterocycles. The van der Waals surface area contributed by atoms with Gasteiger partial charge in [0.2, 0.25) is 5.95 Å². The van der Waals surface area contributed by atoms with E-state index >= 15 is 0 Å². The van der Waals surface area contributed by atoms with Gasteiger partial charge in [-0.1, -0.05) is 12.1 Å². The van der Waals surface area contributed by atoms with E-state index in [2.05, 4.69) is 53.3 Å². The molecule has 146 valence electrons. The van der Waals surface area contributed by atoms with Gasteiger partial charge in [0.1, 0.15) is 11.6 Å². The zero-order valence-electron chi connectivity index (χ0n) is 17.2. The molecule has 0 aliphatic carbocycles. The molecule has 0 unspecified atom stereocenters. The zero-order valence-corrected chi connectivity index (χ0v) is 17.2. The average molecular weight is 377 g/mol. The summed E-state index contributed by atoms with van der Waals surface area (Å²) >= 11 is 0. The maximum absolute atomic E-state index is 5.70. The summed E-state index contributed by atoms with van der Waals surface area (Å²) < 4.78 is 5.70. The third-order valence-corrected chi connectivity index (χ3v) is 4.21. The first-order valence-corrected chi connectivity index (χ1v) is 9.68. The van der Waals surface area contributed by atoms with Crippen LogP contribution in [0.25, 0.3) is 0 Å². The maximum Gasteiger partial charge on any atom is 0.232 e. The predicted molar refractivity (Wildman–Crippen MR) is 116 cm³/mol. The van der Waals surface area contributed by atoms with Gasteiger partial charge >= 0.3 is 0 Å². The lowest BCUT2D eigenvalue weighted by Crippen LogP contribution is -2.19. The van der Waals surface area contributed by atoms with Crippen LogP contribution in [-0.2, 0) is 0 Å². The molecule has 0 fully saturated rings. The van der Waals surface area contributed by atoms with E-state index in [-0.39, 0.29) is 6.10 Å². The molecule has 0 aliphatic heterocycles. The average Bonchev–Trinajstić information content (AvgIpc) is 2.63. The summed E-state index contributed by atoms with van der Waals surface area (Å²) in [5, 5.41) is 3.37. The largest absolute Gasteiger partial charge is 0.491 e. The van der Waals surface area contributed by atoms with Crippen molar-refractivity contribution >= 4 is 23.1 Å². The highest BCUT2D eigenvalue weighted by Gasteiger charge is 2.12. The van der Waals surface area contributed by atoms with E-state index < -0.39 is 0 Å². The quantitative estimate of drug-likeness (QED) is 0.566. The van der Waals surface area contributed by atoms with Crippen molar-refractivity contribution in [3.63, 3.8) is 0 Å². The molecule has 5 heteroatoms. The summed E-state index contributed by atoms with van der Waals surface area (Å²) in [7, 11) is 0. The Morgan fingerprint density at radius 3 is 2.39 bits per heavy atom.